The average Bonchev–Trinajstić information content (AvgIpc) is 2.87. The fourth-order valence-corrected chi connectivity index (χ4v) is 6.02. The van der Waals surface area contributed by atoms with E-state index in [1.54, 1.807) is 0 Å². The molecule has 1 aliphatic heterocycles. The lowest BCUT2D eigenvalue weighted by atomic mass is 10.2. The fraction of sp³-hybridized carbons (Fsp3) is 0.444. The molecule has 1 aliphatic rings. The van der Waals surface area contributed by atoms with Crippen LogP contribution in [0.25, 0.3) is 0 Å². The minimum atomic E-state index is -3.78. The Hall–Kier alpha value is -0.150. The van der Waals surface area contributed by atoms with Crippen molar-refractivity contribution in [3.8, 4) is 0 Å². The second-order valence-corrected chi connectivity index (χ2v) is 8.69. The first-order valence-electron chi connectivity index (χ1n) is 5.03. The molecule has 9 heteroatoms. The minimum Gasteiger partial charge on any atom is -0.480 e. The van der Waals surface area contributed by atoms with E-state index in [-0.39, 0.29) is 10.8 Å². The lowest BCUT2D eigenvalue weighted by molar-refractivity contribution is -0.140. The molecule has 1 fully saturated rings. The molecule has 0 aromatic carbocycles. The van der Waals surface area contributed by atoms with Gasteiger partial charge in [-0.1, -0.05) is 11.6 Å². The van der Waals surface area contributed by atoms with Crippen molar-refractivity contribution in [3.05, 3.63) is 14.9 Å². The summed E-state index contributed by atoms with van der Waals surface area (Å²) in [7, 11) is -3.78. The summed E-state index contributed by atoms with van der Waals surface area (Å²) in [5, 5.41) is 9.33. The zero-order valence-corrected chi connectivity index (χ0v) is 12.9. The molecule has 100 valence electrons. The summed E-state index contributed by atoms with van der Waals surface area (Å²) in [5.41, 5.74) is 0. The molecule has 1 aromatic heterocycles. The van der Waals surface area contributed by atoms with Gasteiger partial charge < -0.3 is 5.11 Å². The van der Waals surface area contributed by atoms with Crippen molar-refractivity contribution < 1.29 is 18.3 Å². The minimum absolute atomic E-state index is 0.0625. The lowest BCUT2D eigenvalue weighted by Gasteiger charge is -2.19. The number of thiophene rings is 1. The highest BCUT2D eigenvalue weighted by Gasteiger charge is 2.40. The molecule has 0 bridgehead atoms. The van der Waals surface area contributed by atoms with E-state index in [4.69, 9.17) is 16.7 Å². The quantitative estimate of drug-likeness (QED) is 0.881. The zero-order chi connectivity index (χ0) is 13.5. The molecule has 2 heterocycles. The molecular weight excluding hydrogens is 366 g/mol. The lowest BCUT2D eigenvalue weighted by Crippen LogP contribution is -2.40. The SMILES string of the molecule is O=C(O)[C@@H]1CCCN1S(=O)(=O)c1cc(Cl)c(Br)s1. The van der Waals surface area contributed by atoms with Crippen molar-refractivity contribution in [2.75, 3.05) is 6.54 Å². The molecule has 2 rings (SSSR count). The Morgan fingerprint density at radius 2 is 2.28 bits per heavy atom. The molecular formula is C9H9BrClNO4S2. The summed E-state index contributed by atoms with van der Waals surface area (Å²) in [6.45, 7) is 0.229. The number of carboxylic acid groups (broad SMARTS) is 1. The highest BCUT2D eigenvalue weighted by molar-refractivity contribution is 9.11. The number of carbonyl (C=O) groups is 1. The molecule has 0 aliphatic carbocycles. The molecule has 5 nitrogen and oxygen atoms in total. The van der Waals surface area contributed by atoms with E-state index < -0.39 is 22.0 Å². The van der Waals surface area contributed by atoms with Gasteiger partial charge >= 0.3 is 5.97 Å². The third kappa shape index (κ3) is 2.44. The summed E-state index contributed by atoms with van der Waals surface area (Å²) < 4.78 is 26.2. The maximum absolute atomic E-state index is 12.3. The van der Waals surface area contributed by atoms with Crippen molar-refractivity contribution in [2.45, 2.75) is 23.1 Å². The van der Waals surface area contributed by atoms with Crippen LogP contribution >= 0.6 is 38.9 Å². The molecule has 0 spiro atoms. The van der Waals surface area contributed by atoms with Crippen LogP contribution in [0.1, 0.15) is 12.8 Å². The molecule has 0 radical (unpaired) electrons. The number of nitrogens with zero attached hydrogens (tertiary/aromatic N) is 1. The number of aliphatic carboxylic acids is 1. The summed E-state index contributed by atoms with van der Waals surface area (Å²) >= 11 is 9.94. The maximum atomic E-state index is 12.3. The molecule has 0 amide bonds. The number of halogens is 2. The van der Waals surface area contributed by atoms with Crippen LogP contribution < -0.4 is 0 Å². The Bertz CT molecular complexity index is 566. The summed E-state index contributed by atoms with van der Waals surface area (Å²) in [4.78, 5) is 11.0. The van der Waals surface area contributed by atoms with Crippen LogP contribution in [-0.2, 0) is 14.8 Å². The molecule has 1 atom stereocenters. The predicted octanol–water partition coefficient (Wildman–Crippen LogP) is 2.40. The molecule has 1 aromatic rings. The third-order valence-electron chi connectivity index (χ3n) is 2.67. The van der Waals surface area contributed by atoms with Crippen molar-refractivity contribution in [3.63, 3.8) is 0 Å². The Morgan fingerprint density at radius 1 is 1.61 bits per heavy atom. The largest absolute Gasteiger partial charge is 0.480 e. The number of sulfonamides is 1. The van der Waals surface area contributed by atoms with Gasteiger partial charge in [-0.25, -0.2) is 8.42 Å². The second kappa shape index (κ2) is 5.09. The molecule has 0 unspecified atom stereocenters. The molecule has 18 heavy (non-hydrogen) atoms. The summed E-state index contributed by atoms with van der Waals surface area (Å²) in [5.74, 6) is -1.11. The molecule has 1 N–H and O–H groups in total. The van der Waals surface area contributed by atoms with E-state index in [2.05, 4.69) is 15.9 Å². The van der Waals surface area contributed by atoms with E-state index in [0.717, 1.165) is 15.6 Å². The first kappa shape index (κ1) is 14.3. The monoisotopic (exact) mass is 373 g/mol. The summed E-state index contributed by atoms with van der Waals surface area (Å²) in [6, 6.07) is 0.359. The molecule has 1 saturated heterocycles. The van der Waals surface area contributed by atoms with Gasteiger partial charge in [0.15, 0.2) is 0 Å². The Morgan fingerprint density at radius 3 is 2.78 bits per heavy atom. The van der Waals surface area contributed by atoms with Crippen LogP contribution in [0.3, 0.4) is 0 Å². The van der Waals surface area contributed by atoms with Gasteiger partial charge in [-0.15, -0.1) is 11.3 Å². The first-order chi connectivity index (χ1) is 8.34. The van der Waals surface area contributed by atoms with Gasteiger partial charge in [-0.3, -0.25) is 4.79 Å². The van der Waals surface area contributed by atoms with Gasteiger partial charge in [-0.05, 0) is 34.8 Å². The van der Waals surface area contributed by atoms with Crippen LogP contribution in [-0.4, -0.2) is 36.4 Å². The topological polar surface area (TPSA) is 74.7 Å². The van der Waals surface area contributed by atoms with E-state index in [1.807, 2.05) is 0 Å². The second-order valence-electron chi connectivity index (χ2n) is 3.80. The van der Waals surface area contributed by atoms with Gasteiger partial charge in [-0.2, -0.15) is 4.31 Å². The summed E-state index contributed by atoms with van der Waals surface area (Å²) in [6.07, 6.45) is 0.894. The van der Waals surface area contributed by atoms with Crippen LogP contribution in [0.5, 0.6) is 0 Å². The van der Waals surface area contributed by atoms with E-state index in [9.17, 15) is 13.2 Å². The zero-order valence-electron chi connectivity index (χ0n) is 8.97. The number of hydrogen-bond acceptors (Lipinski definition) is 4. The van der Waals surface area contributed by atoms with E-state index >= 15 is 0 Å². The first-order valence-corrected chi connectivity index (χ1v) is 8.46. The van der Waals surface area contributed by atoms with Gasteiger partial charge in [0.05, 0.1) is 8.81 Å². The smallest absolute Gasteiger partial charge is 0.322 e. The Kier molecular flexibility index (Phi) is 4.03. The number of hydrogen-bond donors (Lipinski definition) is 1. The van der Waals surface area contributed by atoms with Gasteiger partial charge in [0.1, 0.15) is 10.3 Å². The van der Waals surface area contributed by atoms with E-state index in [0.29, 0.717) is 21.7 Å². The highest BCUT2D eigenvalue weighted by atomic mass is 79.9. The Balaban J connectivity index is 2.39. The van der Waals surface area contributed by atoms with Gasteiger partial charge in [0.2, 0.25) is 0 Å². The van der Waals surface area contributed by atoms with Crippen LogP contribution in [0, 0.1) is 0 Å². The maximum Gasteiger partial charge on any atom is 0.322 e. The van der Waals surface area contributed by atoms with Crippen LogP contribution in [0.15, 0.2) is 14.1 Å². The van der Waals surface area contributed by atoms with Crippen molar-refractivity contribution >= 4 is 54.9 Å². The average molecular weight is 375 g/mol. The van der Waals surface area contributed by atoms with Crippen molar-refractivity contribution in [1.29, 1.82) is 0 Å². The van der Waals surface area contributed by atoms with Gasteiger partial charge in [0.25, 0.3) is 10.0 Å². The van der Waals surface area contributed by atoms with Crippen molar-refractivity contribution in [1.82, 2.24) is 4.31 Å². The van der Waals surface area contributed by atoms with Crippen LogP contribution in [0.4, 0.5) is 0 Å². The number of carboxylic acids is 1. The standard InChI is InChI=1S/C9H9BrClNO4S2/c10-8-5(11)4-7(17-8)18(15,16)12-3-1-2-6(12)9(13)14/h4,6H,1-3H2,(H,13,14)/t6-/m0/s1. The van der Waals surface area contributed by atoms with Gasteiger partial charge in [0, 0.05) is 6.54 Å². The highest BCUT2D eigenvalue weighted by Crippen LogP contribution is 2.37. The normalized spacial score (nSPS) is 21.3. The third-order valence-corrected chi connectivity index (χ3v) is 7.51. The Labute approximate surface area is 122 Å². The molecule has 0 saturated carbocycles. The number of rotatable bonds is 3. The predicted molar refractivity (Wildman–Crippen MR) is 71.6 cm³/mol. The van der Waals surface area contributed by atoms with Crippen LogP contribution in [0.2, 0.25) is 5.02 Å². The van der Waals surface area contributed by atoms with Crippen molar-refractivity contribution in [2.24, 2.45) is 0 Å². The fourth-order valence-electron chi connectivity index (χ4n) is 1.84. The van der Waals surface area contributed by atoms with E-state index in [1.165, 1.54) is 6.07 Å².